The van der Waals surface area contributed by atoms with Crippen molar-refractivity contribution in [3.8, 4) is 0 Å². The van der Waals surface area contributed by atoms with Gasteiger partial charge in [0.1, 0.15) is 0 Å². The number of carbonyl (C=O) groups excluding carboxylic acids is 1. The fourth-order valence-corrected chi connectivity index (χ4v) is 2.92. The van der Waals surface area contributed by atoms with E-state index in [4.69, 9.17) is 5.11 Å². The number of aryl methyl sites for hydroxylation is 3. The van der Waals surface area contributed by atoms with Gasteiger partial charge in [-0.1, -0.05) is 54.1 Å². The summed E-state index contributed by atoms with van der Waals surface area (Å²) < 4.78 is 0. The molecule has 25 heavy (non-hydrogen) atoms. The number of rotatable bonds is 8. The molecule has 0 aliphatic carbocycles. The lowest BCUT2D eigenvalue weighted by Gasteiger charge is -2.17. The number of benzene rings is 2. The molecule has 0 aliphatic rings. The summed E-state index contributed by atoms with van der Waals surface area (Å²) in [4.78, 5) is 23.4. The molecule has 0 saturated carbocycles. The quantitative estimate of drug-likeness (QED) is 0.774. The molecule has 0 fully saturated rings. The first-order chi connectivity index (χ1) is 11.9. The molecule has 0 bridgehead atoms. The molecule has 0 radical (unpaired) electrons. The maximum Gasteiger partial charge on any atom is 0.305 e. The van der Waals surface area contributed by atoms with Gasteiger partial charge < -0.3 is 10.4 Å². The van der Waals surface area contributed by atoms with Gasteiger partial charge in [0.15, 0.2) is 0 Å². The molecule has 0 aliphatic heterocycles. The summed E-state index contributed by atoms with van der Waals surface area (Å²) in [6.07, 6.45) is 1.55. The summed E-state index contributed by atoms with van der Waals surface area (Å²) in [5, 5.41) is 12.0. The zero-order valence-electron chi connectivity index (χ0n) is 14.8. The molecule has 2 rings (SSSR count). The van der Waals surface area contributed by atoms with Crippen LogP contribution in [0.1, 0.15) is 35.1 Å². The van der Waals surface area contributed by atoms with Crippen molar-refractivity contribution in [3.05, 3.63) is 70.8 Å². The van der Waals surface area contributed by atoms with E-state index in [1.54, 1.807) is 0 Å². The van der Waals surface area contributed by atoms with Crippen LogP contribution in [-0.4, -0.2) is 23.0 Å². The van der Waals surface area contributed by atoms with Gasteiger partial charge in [0, 0.05) is 6.04 Å². The Morgan fingerprint density at radius 1 is 1.08 bits per heavy atom. The van der Waals surface area contributed by atoms with Crippen molar-refractivity contribution in [2.24, 2.45) is 0 Å². The van der Waals surface area contributed by atoms with Crippen LogP contribution in [0.2, 0.25) is 0 Å². The van der Waals surface area contributed by atoms with Gasteiger partial charge in [-0.05, 0) is 43.4 Å². The zero-order chi connectivity index (χ0) is 18.2. The topological polar surface area (TPSA) is 66.4 Å². The summed E-state index contributed by atoms with van der Waals surface area (Å²) in [5.74, 6) is -1.03. The minimum Gasteiger partial charge on any atom is -0.481 e. The van der Waals surface area contributed by atoms with Crippen LogP contribution in [0.15, 0.2) is 48.5 Å². The Hall–Kier alpha value is -2.62. The predicted molar refractivity (Wildman–Crippen MR) is 98.6 cm³/mol. The Kier molecular flexibility index (Phi) is 6.75. The molecule has 1 amide bonds. The molecular formula is C21H25NO3. The minimum absolute atomic E-state index is 0.0640. The maximum atomic E-state index is 12.3. The average Bonchev–Trinajstić information content (AvgIpc) is 2.56. The molecule has 4 heteroatoms. The van der Waals surface area contributed by atoms with Gasteiger partial charge in [-0.3, -0.25) is 9.59 Å². The SMILES string of the molecule is Cc1ccc(CC(=O)N[C@H](CCc2ccccc2)CC(=O)O)c(C)c1. The van der Waals surface area contributed by atoms with Gasteiger partial charge in [0.2, 0.25) is 5.91 Å². The van der Waals surface area contributed by atoms with Crippen LogP contribution in [-0.2, 0) is 22.4 Å². The van der Waals surface area contributed by atoms with Crippen molar-refractivity contribution in [3.63, 3.8) is 0 Å². The number of carbonyl (C=O) groups is 2. The maximum absolute atomic E-state index is 12.3. The first-order valence-corrected chi connectivity index (χ1v) is 8.55. The highest BCUT2D eigenvalue weighted by Crippen LogP contribution is 2.12. The molecule has 0 spiro atoms. The van der Waals surface area contributed by atoms with E-state index in [1.807, 2.05) is 62.4 Å². The Morgan fingerprint density at radius 2 is 1.80 bits per heavy atom. The van der Waals surface area contributed by atoms with E-state index in [0.29, 0.717) is 6.42 Å². The third-order valence-corrected chi connectivity index (χ3v) is 4.26. The van der Waals surface area contributed by atoms with E-state index in [-0.39, 0.29) is 24.8 Å². The van der Waals surface area contributed by atoms with Gasteiger partial charge in [-0.2, -0.15) is 0 Å². The molecule has 0 saturated heterocycles. The van der Waals surface area contributed by atoms with Crippen molar-refractivity contribution < 1.29 is 14.7 Å². The standard InChI is InChI=1S/C21H25NO3/c1-15-8-10-18(16(2)12-15)13-20(23)22-19(14-21(24)25)11-9-17-6-4-3-5-7-17/h3-8,10,12,19H,9,11,13-14H2,1-2H3,(H,22,23)(H,24,25)/t19-/m1/s1. The largest absolute Gasteiger partial charge is 0.481 e. The van der Waals surface area contributed by atoms with Crippen molar-refractivity contribution in [1.29, 1.82) is 0 Å². The van der Waals surface area contributed by atoms with Crippen molar-refractivity contribution >= 4 is 11.9 Å². The monoisotopic (exact) mass is 339 g/mol. The van der Waals surface area contributed by atoms with E-state index in [9.17, 15) is 9.59 Å². The number of aliphatic carboxylic acids is 1. The van der Waals surface area contributed by atoms with Crippen molar-refractivity contribution in [1.82, 2.24) is 5.32 Å². The van der Waals surface area contributed by atoms with Crippen molar-refractivity contribution in [2.75, 3.05) is 0 Å². The Labute approximate surface area is 148 Å². The zero-order valence-corrected chi connectivity index (χ0v) is 14.8. The highest BCUT2D eigenvalue weighted by molar-refractivity contribution is 5.80. The first-order valence-electron chi connectivity index (χ1n) is 8.55. The molecule has 2 aromatic rings. The van der Waals surface area contributed by atoms with Crippen LogP contribution in [0, 0.1) is 13.8 Å². The van der Waals surface area contributed by atoms with Gasteiger partial charge >= 0.3 is 5.97 Å². The van der Waals surface area contributed by atoms with Crippen LogP contribution in [0.4, 0.5) is 0 Å². The number of amides is 1. The number of carboxylic acid groups (broad SMARTS) is 1. The van der Waals surface area contributed by atoms with Crippen molar-refractivity contribution in [2.45, 2.75) is 45.6 Å². The van der Waals surface area contributed by atoms with Crippen LogP contribution < -0.4 is 5.32 Å². The first kappa shape index (κ1) is 18.7. The highest BCUT2D eigenvalue weighted by Gasteiger charge is 2.17. The third kappa shape index (κ3) is 6.42. The van der Waals surface area contributed by atoms with Crippen LogP contribution >= 0.6 is 0 Å². The fraction of sp³-hybridized carbons (Fsp3) is 0.333. The normalized spacial score (nSPS) is 11.8. The summed E-state index contributed by atoms with van der Waals surface area (Å²) in [7, 11) is 0. The van der Waals surface area contributed by atoms with Gasteiger partial charge in [-0.15, -0.1) is 0 Å². The molecule has 0 aromatic heterocycles. The Morgan fingerprint density at radius 3 is 2.44 bits per heavy atom. The second-order valence-corrected chi connectivity index (χ2v) is 6.49. The van der Waals surface area contributed by atoms with E-state index in [2.05, 4.69) is 5.32 Å². The highest BCUT2D eigenvalue weighted by atomic mass is 16.4. The summed E-state index contributed by atoms with van der Waals surface area (Å²) >= 11 is 0. The van der Waals surface area contributed by atoms with E-state index in [0.717, 1.165) is 28.7 Å². The lowest BCUT2D eigenvalue weighted by atomic mass is 10.0. The summed E-state index contributed by atoms with van der Waals surface area (Å²) in [6, 6.07) is 15.5. The Balaban J connectivity index is 1.95. The van der Waals surface area contributed by atoms with Crippen LogP contribution in [0.25, 0.3) is 0 Å². The van der Waals surface area contributed by atoms with Gasteiger partial charge in [0.25, 0.3) is 0 Å². The number of nitrogens with one attached hydrogen (secondary N) is 1. The molecule has 2 N–H and O–H groups in total. The molecule has 132 valence electrons. The van der Waals surface area contributed by atoms with Crippen LogP contribution in [0.5, 0.6) is 0 Å². The molecule has 2 aromatic carbocycles. The fourth-order valence-electron chi connectivity index (χ4n) is 2.92. The number of hydrogen-bond donors (Lipinski definition) is 2. The number of carboxylic acids is 1. The van der Waals surface area contributed by atoms with Gasteiger partial charge in [-0.25, -0.2) is 0 Å². The smallest absolute Gasteiger partial charge is 0.305 e. The predicted octanol–water partition coefficient (Wildman–Crippen LogP) is 3.44. The molecule has 1 atom stereocenters. The second kappa shape index (κ2) is 9.02. The average molecular weight is 339 g/mol. The minimum atomic E-state index is -0.898. The molecule has 0 heterocycles. The van der Waals surface area contributed by atoms with Gasteiger partial charge in [0.05, 0.1) is 12.8 Å². The second-order valence-electron chi connectivity index (χ2n) is 6.49. The Bertz CT molecular complexity index is 725. The molecule has 4 nitrogen and oxygen atoms in total. The van der Waals surface area contributed by atoms with Crippen LogP contribution in [0.3, 0.4) is 0 Å². The summed E-state index contributed by atoms with van der Waals surface area (Å²) in [6.45, 7) is 4.00. The lowest BCUT2D eigenvalue weighted by Crippen LogP contribution is -2.37. The van der Waals surface area contributed by atoms with E-state index < -0.39 is 5.97 Å². The molecule has 0 unspecified atom stereocenters. The number of hydrogen-bond acceptors (Lipinski definition) is 2. The lowest BCUT2D eigenvalue weighted by molar-refractivity contribution is -0.137. The summed E-state index contributed by atoms with van der Waals surface area (Å²) in [5.41, 5.74) is 4.35. The third-order valence-electron chi connectivity index (χ3n) is 4.26. The van der Waals surface area contributed by atoms with E-state index in [1.165, 1.54) is 0 Å². The molecular weight excluding hydrogens is 314 g/mol. The van der Waals surface area contributed by atoms with E-state index >= 15 is 0 Å².